The molecule has 140 valence electrons. The first-order valence-electron chi connectivity index (χ1n) is 9.76. The number of fused-ring (bicyclic) bond motifs is 2. The van der Waals surface area contributed by atoms with Crippen molar-refractivity contribution in [3.05, 3.63) is 52.1 Å². The van der Waals surface area contributed by atoms with Gasteiger partial charge >= 0.3 is 5.69 Å². The van der Waals surface area contributed by atoms with E-state index in [1.54, 1.807) is 6.20 Å². The van der Waals surface area contributed by atoms with Crippen LogP contribution in [0.3, 0.4) is 0 Å². The molecule has 1 aliphatic heterocycles. The van der Waals surface area contributed by atoms with Gasteiger partial charge in [0.2, 0.25) is 5.95 Å². The van der Waals surface area contributed by atoms with Gasteiger partial charge in [-0.25, -0.2) is 9.78 Å². The van der Waals surface area contributed by atoms with Gasteiger partial charge in [-0.05, 0) is 55.8 Å². The zero-order valence-corrected chi connectivity index (χ0v) is 15.2. The smallest absolute Gasteiger partial charge is 0.327 e. The van der Waals surface area contributed by atoms with Crippen LogP contribution in [0.4, 0.5) is 5.95 Å². The molecule has 2 aromatic heterocycles. The van der Waals surface area contributed by atoms with Crippen molar-refractivity contribution in [2.45, 2.75) is 31.7 Å². The Kier molecular flexibility index (Phi) is 4.16. The van der Waals surface area contributed by atoms with E-state index in [-0.39, 0.29) is 11.7 Å². The number of imidazole rings is 1. The Labute approximate surface area is 157 Å². The minimum absolute atomic E-state index is 0.106. The van der Waals surface area contributed by atoms with Crippen LogP contribution in [0.2, 0.25) is 0 Å². The topological polar surface area (TPSA) is 87.6 Å². The third-order valence-electron chi connectivity index (χ3n) is 5.80. The van der Waals surface area contributed by atoms with Gasteiger partial charge in [0, 0.05) is 12.6 Å². The van der Waals surface area contributed by atoms with Gasteiger partial charge in [-0.2, -0.15) is 4.98 Å². The Morgan fingerprint density at radius 2 is 2.04 bits per heavy atom. The molecule has 1 aromatic carbocycles. The van der Waals surface area contributed by atoms with Crippen LogP contribution < -0.4 is 16.3 Å². The van der Waals surface area contributed by atoms with Crippen LogP contribution in [0.15, 0.2) is 35.3 Å². The minimum Gasteiger partial charge on any atom is -0.354 e. The minimum atomic E-state index is -0.106. The number of piperidine rings is 1. The standard InChI is InChI=1S/C20H24N6O/c27-20-24-17-12-23-19(22-11-13-4-3-7-21-10-13)25-18(17)26(20)16-8-14-5-1-2-6-15(14)9-16/h1-2,5-6,12-13,16,21H,3-4,7-11H2,(H,24,27)(H,22,23,25)/t13-/m1/s1. The molecule has 3 heterocycles. The highest BCUT2D eigenvalue weighted by molar-refractivity contribution is 5.71. The lowest BCUT2D eigenvalue weighted by molar-refractivity contribution is 0.392. The molecule has 0 unspecified atom stereocenters. The van der Waals surface area contributed by atoms with Gasteiger partial charge in [-0.3, -0.25) is 4.57 Å². The Balaban J connectivity index is 1.41. The number of aromatic nitrogens is 4. The monoisotopic (exact) mass is 364 g/mol. The molecule has 7 heteroatoms. The molecule has 1 aliphatic carbocycles. The first-order valence-corrected chi connectivity index (χ1v) is 9.76. The van der Waals surface area contributed by atoms with E-state index in [1.807, 2.05) is 4.57 Å². The molecule has 1 fully saturated rings. The van der Waals surface area contributed by atoms with E-state index >= 15 is 0 Å². The first-order chi connectivity index (χ1) is 13.3. The molecule has 0 spiro atoms. The van der Waals surface area contributed by atoms with Crippen LogP contribution in [-0.4, -0.2) is 39.2 Å². The van der Waals surface area contributed by atoms with Crippen molar-refractivity contribution >= 4 is 17.1 Å². The number of hydrogen-bond donors (Lipinski definition) is 3. The van der Waals surface area contributed by atoms with Crippen molar-refractivity contribution in [1.82, 2.24) is 24.8 Å². The summed E-state index contributed by atoms with van der Waals surface area (Å²) in [5.41, 5.74) is 3.92. The van der Waals surface area contributed by atoms with Crippen molar-refractivity contribution < 1.29 is 0 Å². The highest BCUT2D eigenvalue weighted by Crippen LogP contribution is 2.30. The Morgan fingerprint density at radius 1 is 1.22 bits per heavy atom. The molecule has 7 nitrogen and oxygen atoms in total. The summed E-state index contributed by atoms with van der Waals surface area (Å²) in [6.07, 6.45) is 5.88. The fraction of sp³-hybridized carbons (Fsp3) is 0.450. The average Bonchev–Trinajstić information content (AvgIpc) is 3.26. The van der Waals surface area contributed by atoms with Gasteiger partial charge < -0.3 is 15.6 Å². The molecule has 5 rings (SSSR count). The van der Waals surface area contributed by atoms with Crippen LogP contribution in [-0.2, 0) is 12.8 Å². The lowest BCUT2D eigenvalue weighted by atomic mass is 10.00. The van der Waals surface area contributed by atoms with Crippen LogP contribution >= 0.6 is 0 Å². The van der Waals surface area contributed by atoms with E-state index in [0.29, 0.717) is 23.0 Å². The number of benzene rings is 1. The summed E-state index contributed by atoms with van der Waals surface area (Å²) in [5.74, 6) is 1.19. The Bertz CT molecular complexity index is 992. The largest absolute Gasteiger partial charge is 0.354 e. The van der Waals surface area contributed by atoms with Gasteiger partial charge in [0.1, 0.15) is 5.52 Å². The first kappa shape index (κ1) is 16.5. The maximum Gasteiger partial charge on any atom is 0.327 e. The zero-order chi connectivity index (χ0) is 18.2. The summed E-state index contributed by atoms with van der Waals surface area (Å²) in [6.45, 7) is 2.99. The molecule has 0 amide bonds. The lowest BCUT2D eigenvalue weighted by Crippen LogP contribution is -2.33. The Morgan fingerprint density at radius 3 is 2.78 bits per heavy atom. The number of hydrogen-bond acceptors (Lipinski definition) is 5. The summed E-state index contributed by atoms with van der Waals surface area (Å²) in [6, 6.07) is 8.52. The summed E-state index contributed by atoms with van der Waals surface area (Å²) >= 11 is 0. The van der Waals surface area contributed by atoms with Gasteiger partial charge in [0.25, 0.3) is 0 Å². The van der Waals surface area contributed by atoms with E-state index in [9.17, 15) is 4.79 Å². The molecule has 27 heavy (non-hydrogen) atoms. The fourth-order valence-corrected chi connectivity index (χ4v) is 4.39. The van der Waals surface area contributed by atoms with E-state index in [1.165, 1.54) is 24.0 Å². The second kappa shape index (κ2) is 6.81. The summed E-state index contributed by atoms with van der Waals surface area (Å²) in [5, 5.41) is 6.79. The molecular formula is C20H24N6O. The number of anilines is 1. The predicted octanol–water partition coefficient (Wildman–Crippen LogP) is 1.87. The number of rotatable bonds is 4. The van der Waals surface area contributed by atoms with Crippen molar-refractivity contribution in [1.29, 1.82) is 0 Å². The molecule has 3 N–H and O–H groups in total. The van der Waals surface area contributed by atoms with Crippen molar-refractivity contribution in [3.63, 3.8) is 0 Å². The van der Waals surface area contributed by atoms with Crippen LogP contribution in [0.5, 0.6) is 0 Å². The van der Waals surface area contributed by atoms with Crippen LogP contribution in [0, 0.1) is 5.92 Å². The predicted molar refractivity (Wildman–Crippen MR) is 105 cm³/mol. The third kappa shape index (κ3) is 3.12. The lowest BCUT2D eigenvalue weighted by Gasteiger charge is -2.22. The molecular weight excluding hydrogens is 340 g/mol. The van der Waals surface area contributed by atoms with Crippen molar-refractivity contribution in [3.8, 4) is 0 Å². The molecule has 0 bridgehead atoms. The van der Waals surface area contributed by atoms with Gasteiger partial charge in [0.05, 0.1) is 6.20 Å². The van der Waals surface area contributed by atoms with Gasteiger partial charge in [0.15, 0.2) is 5.65 Å². The van der Waals surface area contributed by atoms with Crippen molar-refractivity contribution in [2.75, 3.05) is 25.0 Å². The van der Waals surface area contributed by atoms with Crippen LogP contribution in [0.25, 0.3) is 11.2 Å². The molecule has 0 radical (unpaired) electrons. The zero-order valence-electron chi connectivity index (χ0n) is 15.2. The highest BCUT2D eigenvalue weighted by Gasteiger charge is 2.26. The average molecular weight is 364 g/mol. The number of nitrogens with zero attached hydrogens (tertiary/aromatic N) is 3. The molecule has 0 saturated carbocycles. The van der Waals surface area contributed by atoms with E-state index < -0.39 is 0 Å². The Hall–Kier alpha value is -2.67. The maximum absolute atomic E-state index is 12.6. The van der Waals surface area contributed by atoms with E-state index in [0.717, 1.165) is 32.5 Å². The normalized spacial score (nSPS) is 20.1. The molecule has 1 atom stereocenters. The fourth-order valence-electron chi connectivity index (χ4n) is 4.39. The second-order valence-corrected chi connectivity index (χ2v) is 7.66. The summed E-state index contributed by atoms with van der Waals surface area (Å²) in [4.78, 5) is 24.6. The SMILES string of the molecule is O=c1[nH]c2cnc(NC[C@@H]3CCCNC3)nc2n1C1Cc2ccccc2C1. The van der Waals surface area contributed by atoms with E-state index in [2.05, 4.69) is 49.9 Å². The number of aromatic amines is 1. The number of nitrogens with one attached hydrogen (secondary N) is 3. The maximum atomic E-state index is 12.6. The van der Waals surface area contributed by atoms with Gasteiger partial charge in [-0.15, -0.1) is 0 Å². The molecule has 2 aliphatic rings. The van der Waals surface area contributed by atoms with Crippen LogP contribution in [0.1, 0.15) is 30.0 Å². The molecule has 1 saturated heterocycles. The third-order valence-corrected chi connectivity index (χ3v) is 5.80. The highest BCUT2D eigenvalue weighted by atomic mass is 16.1. The quantitative estimate of drug-likeness (QED) is 0.658. The molecule has 3 aromatic rings. The van der Waals surface area contributed by atoms with E-state index in [4.69, 9.17) is 0 Å². The second-order valence-electron chi connectivity index (χ2n) is 7.66. The number of H-pyrrole nitrogens is 1. The summed E-state index contributed by atoms with van der Waals surface area (Å²) in [7, 11) is 0. The van der Waals surface area contributed by atoms with Crippen molar-refractivity contribution in [2.24, 2.45) is 5.92 Å². The summed E-state index contributed by atoms with van der Waals surface area (Å²) < 4.78 is 1.81. The van der Waals surface area contributed by atoms with Gasteiger partial charge in [-0.1, -0.05) is 24.3 Å².